The van der Waals surface area contributed by atoms with Gasteiger partial charge in [-0.1, -0.05) is 30.0 Å². The normalized spacial score (nSPS) is 11.9. The molecule has 11 heteroatoms. The Morgan fingerprint density at radius 3 is 2.53 bits per heavy atom. The van der Waals surface area contributed by atoms with Crippen LogP contribution in [0.3, 0.4) is 0 Å². The summed E-state index contributed by atoms with van der Waals surface area (Å²) in [6, 6.07) is 11.3. The molecule has 0 bridgehead atoms. The van der Waals surface area contributed by atoms with Crippen molar-refractivity contribution in [3.63, 3.8) is 0 Å². The summed E-state index contributed by atoms with van der Waals surface area (Å²) in [5.74, 6) is 0.567. The topological polar surface area (TPSA) is 115 Å². The minimum Gasteiger partial charge on any atom is -0.454 e. The first-order valence-corrected chi connectivity index (χ1v) is 11.4. The van der Waals surface area contributed by atoms with Crippen molar-refractivity contribution in [2.24, 2.45) is 0 Å². The number of ether oxygens (including phenoxy) is 2. The molecule has 1 aliphatic heterocycles. The molecule has 3 aromatic rings. The first-order valence-electron chi connectivity index (χ1n) is 10.5. The highest BCUT2D eigenvalue weighted by atomic mass is 32.2. The lowest BCUT2D eigenvalue weighted by Gasteiger charge is -2.11. The molecule has 4 rings (SSSR count). The number of hydrogen-bond donors (Lipinski definition) is 3. The van der Waals surface area contributed by atoms with Crippen molar-refractivity contribution < 1.29 is 28.6 Å². The Balaban J connectivity index is 1.28. The number of carbonyl (C=O) groups is 2. The van der Waals surface area contributed by atoms with Gasteiger partial charge in [0.25, 0.3) is 0 Å². The minimum absolute atomic E-state index is 0.0712. The number of halogens is 1. The van der Waals surface area contributed by atoms with Crippen LogP contribution >= 0.6 is 11.8 Å². The Morgan fingerprint density at radius 2 is 1.74 bits per heavy atom. The number of hydrogen-bond acceptors (Lipinski definition) is 7. The molecule has 178 valence electrons. The number of aliphatic hydroxyl groups excluding tert-OH is 1. The number of carbonyl (C=O) groups excluding carboxylic acids is 2. The molecule has 0 aliphatic carbocycles. The van der Waals surface area contributed by atoms with Gasteiger partial charge in [-0.3, -0.25) is 9.59 Å². The van der Waals surface area contributed by atoms with E-state index in [9.17, 15) is 19.1 Å². The van der Waals surface area contributed by atoms with Gasteiger partial charge in [0.05, 0.1) is 24.3 Å². The second-order valence-corrected chi connectivity index (χ2v) is 8.38. The van der Waals surface area contributed by atoms with E-state index in [-0.39, 0.29) is 49.9 Å². The smallest absolute Gasteiger partial charge is 0.240 e. The van der Waals surface area contributed by atoms with Gasteiger partial charge in [-0.25, -0.2) is 9.37 Å². The van der Waals surface area contributed by atoms with Gasteiger partial charge in [0.2, 0.25) is 18.6 Å². The van der Waals surface area contributed by atoms with Crippen molar-refractivity contribution >= 4 is 23.6 Å². The zero-order valence-corrected chi connectivity index (χ0v) is 18.9. The van der Waals surface area contributed by atoms with Crippen molar-refractivity contribution in [2.45, 2.75) is 31.4 Å². The van der Waals surface area contributed by atoms with Crippen LogP contribution in [0.2, 0.25) is 0 Å². The maximum atomic E-state index is 13.0. The Bertz CT molecular complexity index is 1170. The van der Waals surface area contributed by atoms with Gasteiger partial charge in [0.1, 0.15) is 12.4 Å². The molecule has 34 heavy (non-hydrogen) atoms. The fourth-order valence-corrected chi connectivity index (χ4v) is 4.06. The van der Waals surface area contributed by atoms with E-state index in [1.165, 1.54) is 30.1 Å². The van der Waals surface area contributed by atoms with Crippen LogP contribution < -0.4 is 20.1 Å². The summed E-state index contributed by atoms with van der Waals surface area (Å²) in [4.78, 5) is 29.0. The first kappa shape index (κ1) is 23.6. The zero-order chi connectivity index (χ0) is 23.9. The molecule has 0 unspecified atom stereocenters. The molecule has 0 radical (unpaired) electrons. The Morgan fingerprint density at radius 1 is 1.03 bits per heavy atom. The SMILES string of the molecule is O=C(CSc1ncc(CO)n1CC(=O)NCc1ccc(F)cc1)NCc1ccc2c(c1)OCO2. The van der Waals surface area contributed by atoms with Crippen LogP contribution in [0.4, 0.5) is 4.39 Å². The van der Waals surface area contributed by atoms with Gasteiger partial charge in [0.15, 0.2) is 16.7 Å². The number of imidazole rings is 1. The van der Waals surface area contributed by atoms with E-state index in [4.69, 9.17) is 9.47 Å². The summed E-state index contributed by atoms with van der Waals surface area (Å²) in [5, 5.41) is 15.6. The van der Waals surface area contributed by atoms with Crippen LogP contribution in [0.1, 0.15) is 16.8 Å². The third-order valence-electron chi connectivity index (χ3n) is 5.03. The maximum absolute atomic E-state index is 13.0. The molecule has 0 saturated heterocycles. The number of aliphatic hydroxyl groups is 1. The molecular weight excluding hydrogens is 463 g/mol. The van der Waals surface area contributed by atoms with E-state index >= 15 is 0 Å². The first-order chi connectivity index (χ1) is 16.5. The van der Waals surface area contributed by atoms with E-state index in [0.717, 1.165) is 11.1 Å². The highest BCUT2D eigenvalue weighted by Gasteiger charge is 2.16. The van der Waals surface area contributed by atoms with Crippen molar-refractivity contribution in [1.82, 2.24) is 20.2 Å². The molecular formula is C23H23FN4O5S. The van der Waals surface area contributed by atoms with Gasteiger partial charge < -0.3 is 29.8 Å². The number of rotatable bonds is 10. The van der Waals surface area contributed by atoms with Crippen molar-refractivity contribution in [3.05, 3.63) is 71.3 Å². The lowest BCUT2D eigenvalue weighted by molar-refractivity contribution is -0.122. The quantitative estimate of drug-likeness (QED) is 0.376. The maximum Gasteiger partial charge on any atom is 0.240 e. The molecule has 0 saturated carbocycles. The Labute approximate surface area is 199 Å². The number of aromatic nitrogens is 2. The number of nitrogens with zero attached hydrogens (tertiary/aromatic N) is 2. The van der Waals surface area contributed by atoms with E-state index in [1.54, 1.807) is 22.8 Å². The Kier molecular flexibility index (Phi) is 7.65. The van der Waals surface area contributed by atoms with Crippen LogP contribution in [-0.2, 0) is 35.8 Å². The zero-order valence-electron chi connectivity index (χ0n) is 18.1. The predicted molar refractivity (Wildman–Crippen MR) is 122 cm³/mol. The molecule has 3 N–H and O–H groups in total. The lowest BCUT2D eigenvalue weighted by Crippen LogP contribution is -2.28. The molecule has 2 heterocycles. The second kappa shape index (κ2) is 11.0. The fraction of sp³-hybridized carbons (Fsp3) is 0.261. The van der Waals surface area contributed by atoms with Crippen molar-refractivity contribution in [3.8, 4) is 11.5 Å². The van der Waals surface area contributed by atoms with Gasteiger partial charge in [-0.15, -0.1) is 0 Å². The van der Waals surface area contributed by atoms with E-state index in [2.05, 4.69) is 15.6 Å². The lowest BCUT2D eigenvalue weighted by atomic mass is 10.2. The number of thioether (sulfide) groups is 1. The van der Waals surface area contributed by atoms with Gasteiger partial charge in [-0.2, -0.15) is 0 Å². The highest BCUT2D eigenvalue weighted by Crippen LogP contribution is 2.32. The summed E-state index contributed by atoms with van der Waals surface area (Å²) in [5.41, 5.74) is 2.10. The van der Waals surface area contributed by atoms with E-state index in [1.807, 2.05) is 12.1 Å². The number of fused-ring (bicyclic) bond motifs is 1. The van der Waals surface area contributed by atoms with E-state index < -0.39 is 0 Å². The van der Waals surface area contributed by atoms with Crippen LogP contribution in [0.25, 0.3) is 0 Å². The molecule has 0 fully saturated rings. The summed E-state index contributed by atoms with van der Waals surface area (Å²) in [6.07, 6.45) is 1.47. The third-order valence-corrected chi connectivity index (χ3v) is 6.02. The Hall–Kier alpha value is -3.57. The van der Waals surface area contributed by atoms with Gasteiger partial charge in [0, 0.05) is 13.1 Å². The minimum atomic E-state index is -0.345. The summed E-state index contributed by atoms with van der Waals surface area (Å²) in [7, 11) is 0. The van der Waals surface area contributed by atoms with Gasteiger partial charge in [-0.05, 0) is 35.4 Å². The van der Waals surface area contributed by atoms with Crippen LogP contribution in [0.5, 0.6) is 11.5 Å². The average molecular weight is 487 g/mol. The molecule has 9 nitrogen and oxygen atoms in total. The monoisotopic (exact) mass is 486 g/mol. The summed E-state index contributed by atoms with van der Waals surface area (Å²) in [6.45, 7) is 0.396. The fourth-order valence-electron chi connectivity index (χ4n) is 3.24. The van der Waals surface area contributed by atoms with Gasteiger partial charge >= 0.3 is 0 Å². The molecule has 2 amide bonds. The van der Waals surface area contributed by atoms with Crippen LogP contribution in [0, 0.1) is 5.82 Å². The second-order valence-electron chi connectivity index (χ2n) is 7.43. The van der Waals surface area contributed by atoms with Crippen LogP contribution in [0.15, 0.2) is 53.8 Å². The molecule has 0 atom stereocenters. The molecule has 2 aromatic carbocycles. The largest absolute Gasteiger partial charge is 0.454 e. The standard InChI is InChI=1S/C23H23FN4O5S/c24-17-4-1-15(2-5-17)8-25-21(30)11-28-18(12-29)10-27-23(28)34-13-22(31)26-9-16-3-6-19-20(7-16)33-14-32-19/h1-7,10,29H,8-9,11-14H2,(H,25,30)(H,26,31). The predicted octanol–water partition coefficient (Wildman–Crippen LogP) is 1.97. The number of nitrogens with one attached hydrogen (secondary N) is 2. The van der Waals surface area contributed by atoms with E-state index in [0.29, 0.717) is 28.9 Å². The van der Waals surface area contributed by atoms with Crippen molar-refractivity contribution in [2.75, 3.05) is 12.5 Å². The number of benzene rings is 2. The molecule has 0 spiro atoms. The van der Waals surface area contributed by atoms with Crippen molar-refractivity contribution in [1.29, 1.82) is 0 Å². The highest BCUT2D eigenvalue weighted by molar-refractivity contribution is 7.99. The average Bonchev–Trinajstić information content (AvgIpc) is 3.47. The molecule has 1 aromatic heterocycles. The molecule has 1 aliphatic rings. The van der Waals surface area contributed by atoms with Crippen LogP contribution in [-0.4, -0.2) is 39.0 Å². The summed E-state index contributed by atoms with van der Waals surface area (Å²) < 4.78 is 25.2. The third kappa shape index (κ3) is 6.06. The number of amides is 2. The summed E-state index contributed by atoms with van der Waals surface area (Å²) >= 11 is 1.17.